The van der Waals surface area contributed by atoms with E-state index in [1.165, 1.54) is 24.4 Å². The number of aromatic nitrogens is 1. The van der Waals surface area contributed by atoms with Gasteiger partial charge in [-0.3, -0.25) is 4.98 Å². The lowest BCUT2D eigenvalue weighted by Gasteiger charge is -2.13. The molecule has 4 nitrogen and oxygen atoms in total. The van der Waals surface area contributed by atoms with Crippen molar-refractivity contribution in [2.45, 2.75) is 18.8 Å². The Labute approximate surface area is 154 Å². The minimum Gasteiger partial charge on any atom is -0.478 e. The summed E-state index contributed by atoms with van der Waals surface area (Å²) in [4.78, 5) is 15.8. The van der Waals surface area contributed by atoms with Gasteiger partial charge in [-0.1, -0.05) is 12.1 Å². The number of carbonyl (C=O) groups is 1. The monoisotopic (exact) mass is 366 g/mol. The van der Waals surface area contributed by atoms with Crippen LogP contribution in [0, 0.1) is 11.6 Å². The first-order valence-electron chi connectivity index (χ1n) is 8.57. The molecule has 0 radical (unpaired) electrons. The molecule has 1 heterocycles. The molecule has 4 rings (SSSR count). The molecule has 1 aliphatic rings. The van der Waals surface area contributed by atoms with E-state index in [1.54, 1.807) is 30.3 Å². The molecule has 0 aliphatic heterocycles. The fourth-order valence-electron chi connectivity index (χ4n) is 3.02. The third-order valence-electron chi connectivity index (χ3n) is 4.57. The van der Waals surface area contributed by atoms with E-state index in [2.05, 4.69) is 10.3 Å². The molecule has 27 heavy (non-hydrogen) atoms. The van der Waals surface area contributed by atoms with Crippen molar-refractivity contribution in [3.05, 3.63) is 77.5 Å². The van der Waals surface area contributed by atoms with Crippen molar-refractivity contribution in [2.24, 2.45) is 0 Å². The predicted molar refractivity (Wildman–Crippen MR) is 98.2 cm³/mol. The first-order valence-corrected chi connectivity index (χ1v) is 8.57. The first-order chi connectivity index (χ1) is 13.0. The lowest BCUT2D eigenvalue weighted by atomic mass is 10.0. The summed E-state index contributed by atoms with van der Waals surface area (Å²) in [5, 5.41) is 12.2. The molecule has 136 valence electrons. The van der Waals surface area contributed by atoms with Crippen molar-refractivity contribution in [2.75, 3.05) is 5.32 Å². The van der Waals surface area contributed by atoms with Crippen LogP contribution in [0.1, 0.15) is 34.7 Å². The van der Waals surface area contributed by atoms with E-state index in [0.717, 1.165) is 12.8 Å². The first kappa shape index (κ1) is 17.1. The van der Waals surface area contributed by atoms with Crippen LogP contribution in [0.3, 0.4) is 0 Å². The topological polar surface area (TPSA) is 62.2 Å². The Kier molecular flexibility index (Phi) is 4.32. The summed E-state index contributed by atoms with van der Waals surface area (Å²) in [5.41, 5.74) is 1.69. The molecule has 0 spiro atoms. The lowest BCUT2D eigenvalue weighted by molar-refractivity contribution is 0.0697. The van der Waals surface area contributed by atoms with Gasteiger partial charge in [0.2, 0.25) is 0 Å². The zero-order valence-corrected chi connectivity index (χ0v) is 14.2. The van der Waals surface area contributed by atoms with Crippen molar-refractivity contribution in [3.8, 4) is 11.3 Å². The third-order valence-corrected chi connectivity index (χ3v) is 4.57. The van der Waals surface area contributed by atoms with E-state index < -0.39 is 11.8 Å². The van der Waals surface area contributed by atoms with E-state index in [-0.39, 0.29) is 23.0 Å². The van der Waals surface area contributed by atoms with Gasteiger partial charge in [0, 0.05) is 5.56 Å². The van der Waals surface area contributed by atoms with Crippen LogP contribution in [0.25, 0.3) is 11.3 Å². The van der Waals surface area contributed by atoms with Gasteiger partial charge in [-0.2, -0.15) is 0 Å². The van der Waals surface area contributed by atoms with E-state index in [0.29, 0.717) is 22.5 Å². The van der Waals surface area contributed by atoms with Crippen molar-refractivity contribution in [3.63, 3.8) is 0 Å². The number of carboxylic acids is 1. The maximum atomic E-state index is 14.5. The number of rotatable bonds is 5. The van der Waals surface area contributed by atoms with Crippen LogP contribution in [-0.2, 0) is 0 Å². The van der Waals surface area contributed by atoms with Crippen LogP contribution >= 0.6 is 0 Å². The molecule has 2 N–H and O–H groups in total. The summed E-state index contributed by atoms with van der Waals surface area (Å²) in [6.07, 6.45) is 3.32. The summed E-state index contributed by atoms with van der Waals surface area (Å²) in [7, 11) is 0. The van der Waals surface area contributed by atoms with Crippen molar-refractivity contribution >= 4 is 17.3 Å². The van der Waals surface area contributed by atoms with Crippen LogP contribution in [0.4, 0.5) is 20.2 Å². The molecule has 2 aromatic carbocycles. The predicted octanol–water partition coefficient (Wildman–Crippen LogP) is 5.35. The van der Waals surface area contributed by atoms with Crippen LogP contribution < -0.4 is 5.32 Å². The molecule has 1 fully saturated rings. The van der Waals surface area contributed by atoms with Gasteiger partial charge in [-0.15, -0.1) is 0 Å². The van der Waals surface area contributed by atoms with E-state index in [4.69, 9.17) is 0 Å². The summed E-state index contributed by atoms with van der Waals surface area (Å²) >= 11 is 0. The van der Waals surface area contributed by atoms with Crippen LogP contribution in [0.15, 0.2) is 54.7 Å². The molecule has 6 heteroatoms. The molecule has 0 unspecified atom stereocenters. The third kappa shape index (κ3) is 3.51. The Balaban J connectivity index is 1.64. The van der Waals surface area contributed by atoms with Gasteiger partial charge in [-0.25, -0.2) is 13.6 Å². The highest BCUT2D eigenvalue weighted by atomic mass is 19.1. The number of halogens is 2. The highest BCUT2D eigenvalue weighted by Crippen LogP contribution is 2.42. The van der Waals surface area contributed by atoms with Crippen molar-refractivity contribution in [1.29, 1.82) is 0 Å². The van der Waals surface area contributed by atoms with E-state index in [1.807, 2.05) is 0 Å². The number of hydrogen-bond acceptors (Lipinski definition) is 3. The second-order valence-corrected chi connectivity index (χ2v) is 6.54. The summed E-state index contributed by atoms with van der Waals surface area (Å²) in [6.45, 7) is 0. The smallest absolute Gasteiger partial charge is 0.337 e. The molecular formula is C21H16F2N2O2. The SMILES string of the molecule is O=C(O)c1cc(C2CC2)cc(F)c1Nc1ccc(-c2ccccc2F)nc1. The number of aromatic carboxylic acids is 1. The van der Waals surface area contributed by atoms with Crippen molar-refractivity contribution < 1.29 is 18.7 Å². The Morgan fingerprint density at radius 2 is 1.85 bits per heavy atom. The number of anilines is 2. The van der Waals surface area contributed by atoms with Gasteiger partial charge in [0.05, 0.1) is 28.8 Å². The molecular weight excluding hydrogens is 350 g/mol. The summed E-state index contributed by atoms with van der Waals surface area (Å²) in [6, 6.07) is 12.4. The molecule has 3 aromatic rings. The largest absolute Gasteiger partial charge is 0.478 e. The molecule has 0 saturated heterocycles. The lowest BCUT2D eigenvalue weighted by Crippen LogP contribution is -2.06. The Bertz CT molecular complexity index is 1020. The highest BCUT2D eigenvalue weighted by molar-refractivity contribution is 5.95. The van der Waals surface area contributed by atoms with E-state index >= 15 is 0 Å². The standard InChI is InChI=1S/C21H16F2N2O2/c22-17-4-2-1-3-15(17)19-8-7-14(11-24-19)25-20-16(21(26)27)9-13(10-18(20)23)12-5-6-12/h1-4,7-12,25H,5-6H2,(H,26,27). The Morgan fingerprint density at radius 3 is 2.48 bits per heavy atom. The minimum absolute atomic E-state index is 0.104. The Morgan fingerprint density at radius 1 is 1.07 bits per heavy atom. The zero-order chi connectivity index (χ0) is 19.0. The molecule has 1 aliphatic carbocycles. The number of pyridine rings is 1. The van der Waals surface area contributed by atoms with Crippen LogP contribution in [-0.4, -0.2) is 16.1 Å². The average Bonchev–Trinajstić information content (AvgIpc) is 3.49. The number of nitrogens with zero attached hydrogens (tertiary/aromatic N) is 1. The molecule has 1 saturated carbocycles. The van der Waals surface area contributed by atoms with Crippen LogP contribution in [0.2, 0.25) is 0 Å². The summed E-state index contributed by atoms with van der Waals surface area (Å²) < 4.78 is 28.4. The second-order valence-electron chi connectivity index (χ2n) is 6.54. The van der Waals surface area contributed by atoms with Gasteiger partial charge < -0.3 is 10.4 Å². The zero-order valence-electron chi connectivity index (χ0n) is 14.2. The molecule has 0 amide bonds. The van der Waals surface area contributed by atoms with Gasteiger partial charge in [0.1, 0.15) is 11.6 Å². The molecule has 1 aromatic heterocycles. The normalized spacial score (nSPS) is 13.4. The van der Waals surface area contributed by atoms with Crippen LogP contribution in [0.5, 0.6) is 0 Å². The quantitative estimate of drug-likeness (QED) is 0.639. The van der Waals surface area contributed by atoms with E-state index in [9.17, 15) is 18.7 Å². The number of benzene rings is 2. The van der Waals surface area contributed by atoms with Gasteiger partial charge in [0.25, 0.3) is 0 Å². The van der Waals surface area contributed by atoms with Gasteiger partial charge >= 0.3 is 5.97 Å². The summed E-state index contributed by atoms with van der Waals surface area (Å²) in [5.74, 6) is -1.96. The fraction of sp³-hybridized carbons (Fsp3) is 0.143. The minimum atomic E-state index is -1.20. The number of hydrogen-bond donors (Lipinski definition) is 2. The second kappa shape index (κ2) is 6.79. The van der Waals surface area contributed by atoms with Gasteiger partial charge in [-0.05, 0) is 60.7 Å². The highest BCUT2D eigenvalue weighted by Gasteiger charge is 2.27. The molecule has 0 atom stereocenters. The van der Waals surface area contributed by atoms with Gasteiger partial charge in [0.15, 0.2) is 0 Å². The molecule has 0 bridgehead atoms. The van der Waals surface area contributed by atoms with Crippen molar-refractivity contribution in [1.82, 2.24) is 4.98 Å². The number of carboxylic acid groups (broad SMARTS) is 1. The number of nitrogens with one attached hydrogen (secondary N) is 1. The maximum Gasteiger partial charge on any atom is 0.337 e. The average molecular weight is 366 g/mol. The fourth-order valence-corrected chi connectivity index (χ4v) is 3.02. The Hall–Kier alpha value is -3.28. The maximum absolute atomic E-state index is 14.5.